The average molecular weight is 232 g/mol. The highest BCUT2D eigenvalue weighted by atomic mass is 16.2. The van der Waals surface area contributed by atoms with Crippen molar-refractivity contribution in [2.45, 2.75) is 39.2 Å². The zero-order valence-corrected chi connectivity index (χ0v) is 10.6. The van der Waals surface area contributed by atoms with E-state index in [4.69, 9.17) is 5.73 Å². The van der Waals surface area contributed by atoms with Crippen LogP contribution < -0.4 is 5.73 Å². The fourth-order valence-corrected chi connectivity index (χ4v) is 2.57. The summed E-state index contributed by atoms with van der Waals surface area (Å²) in [6, 6.07) is 5.97. The third-order valence-corrected chi connectivity index (χ3v) is 3.72. The average Bonchev–Trinajstić information content (AvgIpc) is 2.80. The Bertz CT molecular complexity index is 428. The first-order chi connectivity index (χ1) is 8.15. The van der Waals surface area contributed by atoms with Crippen LogP contribution in [0.3, 0.4) is 0 Å². The highest BCUT2D eigenvalue weighted by Crippen LogP contribution is 2.24. The fraction of sp³-hybridized carbons (Fsp3) is 0.500. The summed E-state index contributed by atoms with van der Waals surface area (Å²) >= 11 is 0. The van der Waals surface area contributed by atoms with Crippen LogP contribution in [-0.2, 0) is 0 Å². The molecule has 1 heterocycles. The summed E-state index contributed by atoms with van der Waals surface area (Å²) in [6.07, 6.45) is 3.28. The molecule has 1 aromatic rings. The SMILES string of the molecule is CCC1CCCN1C(=O)c1cccc(N)c1C. The molecular weight excluding hydrogens is 212 g/mol. The molecule has 1 atom stereocenters. The van der Waals surface area contributed by atoms with Crippen LogP contribution in [0.15, 0.2) is 18.2 Å². The lowest BCUT2D eigenvalue weighted by atomic mass is 10.0. The smallest absolute Gasteiger partial charge is 0.254 e. The van der Waals surface area contributed by atoms with E-state index in [0.29, 0.717) is 11.7 Å². The minimum absolute atomic E-state index is 0.138. The maximum atomic E-state index is 12.5. The molecule has 0 aromatic heterocycles. The van der Waals surface area contributed by atoms with Crippen molar-refractivity contribution in [1.29, 1.82) is 0 Å². The molecule has 0 saturated carbocycles. The van der Waals surface area contributed by atoms with Crippen molar-refractivity contribution in [2.24, 2.45) is 0 Å². The van der Waals surface area contributed by atoms with Crippen molar-refractivity contribution in [3.63, 3.8) is 0 Å². The summed E-state index contributed by atoms with van der Waals surface area (Å²) < 4.78 is 0. The van der Waals surface area contributed by atoms with Crippen LogP contribution in [0.4, 0.5) is 5.69 Å². The van der Waals surface area contributed by atoms with Gasteiger partial charge in [-0.05, 0) is 43.9 Å². The van der Waals surface area contributed by atoms with Crippen LogP contribution in [-0.4, -0.2) is 23.4 Å². The highest BCUT2D eigenvalue weighted by molar-refractivity contribution is 5.97. The van der Waals surface area contributed by atoms with Gasteiger partial charge in [0.05, 0.1) is 0 Å². The topological polar surface area (TPSA) is 46.3 Å². The number of benzene rings is 1. The lowest BCUT2D eigenvalue weighted by Gasteiger charge is -2.24. The maximum Gasteiger partial charge on any atom is 0.254 e. The standard InChI is InChI=1S/C14H20N2O/c1-3-11-6-5-9-16(11)14(17)12-7-4-8-13(15)10(12)2/h4,7-8,11H,3,5-6,9,15H2,1-2H3. The van der Waals surface area contributed by atoms with Crippen molar-refractivity contribution in [3.05, 3.63) is 29.3 Å². The number of nitrogens with two attached hydrogens (primary N) is 1. The van der Waals surface area contributed by atoms with Crippen LogP contribution >= 0.6 is 0 Å². The summed E-state index contributed by atoms with van der Waals surface area (Å²) in [5.41, 5.74) is 8.21. The molecule has 1 aliphatic rings. The monoisotopic (exact) mass is 232 g/mol. The Morgan fingerprint density at radius 2 is 2.29 bits per heavy atom. The van der Waals surface area contributed by atoms with E-state index in [9.17, 15) is 4.79 Å². The lowest BCUT2D eigenvalue weighted by Crippen LogP contribution is -2.35. The Labute approximate surface area is 103 Å². The Kier molecular flexibility index (Phi) is 3.36. The Balaban J connectivity index is 2.28. The van der Waals surface area contributed by atoms with Crippen LogP contribution in [0, 0.1) is 6.92 Å². The molecule has 0 spiro atoms. The molecule has 0 aliphatic carbocycles. The van der Waals surface area contributed by atoms with Crippen LogP contribution in [0.1, 0.15) is 42.1 Å². The predicted octanol–water partition coefficient (Wildman–Crippen LogP) is 2.59. The molecule has 3 nitrogen and oxygen atoms in total. The number of nitrogens with zero attached hydrogens (tertiary/aromatic N) is 1. The molecular formula is C14H20N2O. The minimum Gasteiger partial charge on any atom is -0.398 e. The number of hydrogen-bond acceptors (Lipinski definition) is 2. The number of carbonyl (C=O) groups is 1. The highest BCUT2D eigenvalue weighted by Gasteiger charge is 2.28. The second-order valence-corrected chi connectivity index (χ2v) is 4.72. The molecule has 0 radical (unpaired) electrons. The van der Waals surface area contributed by atoms with Gasteiger partial charge in [0.2, 0.25) is 0 Å². The van der Waals surface area contributed by atoms with Gasteiger partial charge in [0.25, 0.3) is 5.91 Å². The number of rotatable bonds is 2. The third-order valence-electron chi connectivity index (χ3n) is 3.72. The Hall–Kier alpha value is -1.51. The van der Waals surface area contributed by atoms with Gasteiger partial charge >= 0.3 is 0 Å². The summed E-state index contributed by atoms with van der Waals surface area (Å²) in [6.45, 7) is 4.94. The number of nitrogen functional groups attached to an aromatic ring is 1. The molecule has 92 valence electrons. The normalized spacial score (nSPS) is 19.6. The molecule has 2 rings (SSSR count). The van der Waals surface area contributed by atoms with Crippen LogP contribution in [0.25, 0.3) is 0 Å². The first-order valence-corrected chi connectivity index (χ1v) is 6.31. The van der Waals surface area contributed by atoms with E-state index in [-0.39, 0.29) is 5.91 Å². The number of amides is 1. The second-order valence-electron chi connectivity index (χ2n) is 4.72. The van der Waals surface area contributed by atoms with Gasteiger partial charge in [-0.2, -0.15) is 0 Å². The van der Waals surface area contributed by atoms with Gasteiger partial charge in [-0.1, -0.05) is 13.0 Å². The van der Waals surface area contributed by atoms with Gasteiger partial charge in [0.15, 0.2) is 0 Å². The van der Waals surface area contributed by atoms with E-state index in [2.05, 4.69) is 6.92 Å². The minimum atomic E-state index is 0.138. The van der Waals surface area contributed by atoms with Gasteiger partial charge in [-0.15, -0.1) is 0 Å². The van der Waals surface area contributed by atoms with Crippen molar-refractivity contribution in [2.75, 3.05) is 12.3 Å². The van der Waals surface area contributed by atoms with Crippen LogP contribution in [0.2, 0.25) is 0 Å². The van der Waals surface area contributed by atoms with Gasteiger partial charge in [0, 0.05) is 23.8 Å². The van der Waals surface area contributed by atoms with E-state index >= 15 is 0 Å². The molecule has 1 fully saturated rings. The maximum absolute atomic E-state index is 12.5. The molecule has 1 unspecified atom stereocenters. The first-order valence-electron chi connectivity index (χ1n) is 6.31. The Morgan fingerprint density at radius 3 is 3.00 bits per heavy atom. The molecule has 3 heteroatoms. The van der Waals surface area contributed by atoms with E-state index in [1.165, 1.54) is 0 Å². The van der Waals surface area contributed by atoms with Crippen LogP contribution in [0.5, 0.6) is 0 Å². The van der Waals surface area contributed by atoms with E-state index in [1.807, 2.05) is 30.0 Å². The first kappa shape index (κ1) is 12.0. The van der Waals surface area contributed by atoms with Gasteiger partial charge < -0.3 is 10.6 Å². The third kappa shape index (κ3) is 2.14. The van der Waals surface area contributed by atoms with E-state index in [0.717, 1.165) is 36.9 Å². The largest absolute Gasteiger partial charge is 0.398 e. The number of likely N-dealkylation sites (tertiary alicyclic amines) is 1. The van der Waals surface area contributed by atoms with Crippen molar-refractivity contribution in [1.82, 2.24) is 4.90 Å². The van der Waals surface area contributed by atoms with Crippen molar-refractivity contribution in [3.8, 4) is 0 Å². The van der Waals surface area contributed by atoms with Gasteiger partial charge in [-0.25, -0.2) is 0 Å². The number of carbonyl (C=O) groups excluding carboxylic acids is 1. The molecule has 1 amide bonds. The predicted molar refractivity (Wildman–Crippen MR) is 69.9 cm³/mol. The van der Waals surface area contributed by atoms with Gasteiger partial charge in [0.1, 0.15) is 0 Å². The van der Waals surface area contributed by atoms with Crippen molar-refractivity contribution < 1.29 is 4.79 Å². The number of anilines is 1. The number of hydrogen-bond donors (Lipinski definition) is 1. The molecule has 1 aliphatic heterocycles. The molecule has 1 aromatic carbocycles. The van der Waals surface area contributed by atoms with E-state index < -0.39 is 0 Å². The summed E-state index contributed by atoms with van der Waals surface area (Å²) in [4.78, 5) is 14.5. The molecule has 17 heavy (non-hydrogen) atoms. The fourth-order valence-electron chi connectivity index (χ4n) is 2.57. The molecule has 2 N–H and O–H groups in total. The van der Waals surface area contributed by atoms with Crippen molar-refractivity contribution >= 4 is 11.6 Å². The molecule has 1 saturated heterocycles. The quantitative estimate of drug-likeness (QED) is 0.797. The zero-order chi connectivity index (χ0) is 12.4. The van der Waals surface area contributed by atoms with E-state index in [1.54, 1.807) is 0 Å². The molecule has 0 bridgehead atoms. The summed E-state index contributed by atoms with van der Waals surface area (Å²) in [7, 11) is 0. The van der Waals surface area contributed by atoms with Gasteiger partial charge in [-0.3, -0.25) is 4.79 Å². The Morgan fingerprint density at radius 1 is 1.53 bits per heavy atom. The zero-order valence-electron chi connectivity index (χ0n) is 10.6. The summed E-state index contributed by atoms with van der Waals surface area (Å²) in [5, 5.41) is 0. The summed E-state index contributed by atoms with van der Waals surface area (Å²) in [5.74, 6) is 0.138. The second kappa shape index (κ2) is 4.78. The lowest BCUT2D eigenvalue weighted by molar-refractivity contribution is 0.0733.